The van der Waals surface area contributed by atoms with E-state index in [1.54, 1.807) is 18.5 Å². The summed E-state index contributed by atoms with van der Waals surface area (Å²) in [4.78, 5) is 8.61. The molecule has 1 aromatic carbocycles. The van der Waals surface area contributed by atoms with Gasteiger partial charge in [-0.2, -0.15) is 0 Å². The van der Waals surface area contributed by atoms with Crippen LogP contribution in [0.4, 0.5) is 17.6 Å². The third-order valence-electron chi connectivity index (χ3n) is 5.93. The van der Waals surface area contributed by atoms with Crippen molar-refractivity contribution in [3.8, 4) is 0 Å². The molecule has 0 amide bonds. The number of allylic oxidation sites excluding steroid dienone is 1. The molecule has 1 aromatic heterocycles. The zero-order valence-corrected chi connectivity index (χ0v) is 17.3. The minimum Gasteiger partial charge on any atom is -0.241 e. The number of aromatic nitrogens is 2. The number of alkyl halides is 2. The summed E-state index contributed by atoms with van der Waals surface area (Å²) in [6, 6.07) is 2.73. The smallest absolute Gasteiger partial charge is 0.241 e. The Morgan fingerprint density at radius 2 is 1.83 bits per heavy atom. The standard InChI is InChI=1S/C24H28F4N2/c1-3-5-7-16-14-29-23(30-15-16)18-10-12-20(24(27,28)13-18)19-11-9-17(8-6-4-2)21(25)22(19)26/h4,9,11,14-15,18,20H,2-3,5-8,10,12-13H2,1H3. The Morgan fingerprint density at radius 1 is 1.10 bits per heavy atom. The van der Waals surface area contributed by atoms with Crippen LogP contribution in [0.3, 0.4) is 0 Å². The molecule has 1 heterocycles. The molecule has 3 rings (SSSR count). The molecule has 0 N–H and O–H groups in total. The van der Waals surface area contributed by atoms with Crippen molar-refractivity contribution in [3.05, 3.63) is 71.3 Å². The molecule has 0 aliphatic heterocycles. The molecule has 1 saturated carbocycles. The quantitative estimate of drug-likeness (QED) is 0.343. The van der Waals surface area contributed by atoms with Crippen LogP contribution in [-0.2, 0) is 12.8 Å². The second kappa shape index (κ2) is 9.71. The van der Waals surface area contributed by atoms with Crippen LogP contribution in [0.1, 0.15) is 79.8 Å². The number of aryl methyl sites for hydroxylation is 2. The van der Waals surface area contributed by atoms with E-state index >= 15 is 0 Å². The van der Waals surface area contributed by atoms with E-state index in [4.69, 9.17) is 0 Å². The number of hydrogen-bond donors (Lipinski definition) is 0. The molecule has 2 unspecified atom stereocenters. The Bertz CT molecular complexity index is 864. The molecule has 2 nitrogen and oxygen atoms in total. The van der Waals surface area contributed by atoms with E-state index in [1.807, 2.05) is 0 Å². The van der Waals surface area contributed by atoms with Crippen LogP contribution in [0, 0.1) is 11.6 Å². The lowest BCUT2D eigenvalue weighted by Crippen LogP contribution is -2.34. The number of unbranched alkanes of at least 4 members (excludes halogenated alkanes) is 1. The molecule has 6 heteroatoms. The Labute approximate surface area is 175 Å². The van der Waals surface area contributed by atoms with Gasteiger partial charge < -0.3 is 0 Å². The minimum atomic E-state index is -3.16. The van der Waals surface area contributed by atoms with Crippen molar-refractivity contribution in [1.82, 2.24) is 9.97 Å². The lowest BCUT2D eigenvalue weighted by molar-refractivity contribution is -0.0633. The summed E-state index contributed by atoms with van der Waals surface area (Å²) in [6.45, 7) is 5.66. The van der Waals surface area contributed by atoms with Gasteiger partial charge in [-0.15, -0.1) is 6.58 Å². The van der Waals surface area contributed by atoms with E-state index in [0.717, 1.165) is 24.8 Å². The molecule has 1 aliphatic carbocycles. The molecule has 30 heavy (non-hydrogen) atoms. The molecule has 0 radical (unpaired) electrons. The SMILES string of the molecule is C=CCCc1ccc(C2CCC(c3ncc(CCCC)cn3)CC2(F)F)c(F)c1F. The van der Waals surface area contributed by atoms with Gasteiger partial charge in [-0.05, 0) is 55.2 Å². The lowest BCUT2D eigenvalue weighted by atomic mass is 9.75. The van der Waals surface area contributed by atoms with Crippen molar-refractivity contribution in [1.29, 1.82) is 0 Å². The molecule has 1 fully saturated rings. The first-order chi connectivity index (χ1) is 14.4. The number of hydrogen-bond acceptors (Lipinski definition) is 2. The lowest BCUT2D eigenvalue weighted by Gasteiger charge is -2.36. The number of benzene rings is 1. The zero-order chi connectivity index (χ0) is 21.7. The summed E-state index contributed by atoms with van der Waals surface area (Å²) in [7, 11) is 0. The Balaban J connectivity index is 1.75. The van der Waals surface area contributed by atoms with E-state index in [1.165, 1.54) is 12.1 Å². The van der Waals surface area contributed by atoms with Crippen molar-refractivity contribution < 1.29 is 17.6 Å². The maximum Gasteiger partial charge on any atom is 0.255 e. The van der Waals surface area contributed by atoms with Crippen LogP contribution < -0.4 is 0 Å². The van der Waals surface area contributed by atoms with Gasteiger partial charge in [-0.25, -0.2) is 27.5 Å². The van der Waals surface area contributed by atoms with Crippen LogP contribution in [0.2, 0.25) is 0 Å². The van der Waals surface area contributed by atoms with Gasteiger partial charge in [-0.3, -0.25) is 0 Å². The molecule has 0 saturated heterocycles. The molecular weight excluding hydrogens is 392 g/mol. The topological polar surface area (TPSA) is 25.8 Å². The summed E-state index contributed by atoms with van der Waals surface area (Å²) < 4.78 is 59.0. The van der Waals surface area contributed by atoms with Crippen molar-refractivity contribution in [3.63, 3.8) is 0 Å². The van der Waals surface area contributed by atoms with Gasteiger partial charge in [0.05, 0.1) is 5.92 Å². The summed E-state index contributed by atoms with van der Waals surface area (Å²) in [5.41, 5.74) is 0.939. The van der Waals surface area contributed by atoms with Crippen molar-refractivity contribution >= 4 is 0 Å². The highest BCUT2D eigenvalue weighted by Crippen LogP contribution is 2.50. The normalized spacial score (nSPS) is 20.8. The van der Waals surface area contributed by atoms with E-state index in [2.05, 4.69) is 23.5 Å². The van der Waals surface area contributed by atoms with E-state index in [-0.39, 0.29) is 17.5 Å². The minimum absolute atomic E-state index is 0.0565. The molecule has 0 bridgehead atoms. The second-order valence-corrected chi connectivity index (χ2v) is 8.11. The van der Waals surface area contributed by atoms with Gasteiger partial charge in [-0.1, -0.05) is 31.6 Å². The Kier molecular flexibility index (Phi) is 7.27. The highest BCUT2D eigenvalue weighted by molar-refractivity contribution is 5.31. The van der Waals surface area contributed by atoms with Crippen LogP contribution >= 0.6 is 0 Å². The van der Waals surface area contributed by atoms with Gasteiger partial charge in [0.1, 0.15) is 5.82 Å². The summed E-state index contributed by atoms with van der Waals surface area (Å²) in [5.74, 6) is -6.78. The van der Waals surface area contributed by atoms with E-state index < -0.39 is 35.8 Å². The molecular formula is C24H28F4N2. The maximum absolute atomic E-state index is 15.0. The predicted octanol–water partition coefficient (Wildman–Crippen LogP) is 6.90. The Morgan fingerprint density at radius 3 is 2.47 bits per heavy atom. The number of nitrogens with zero attached hydrogens (tertiary/aromatic N) is 2. The van der Waals surface area contributed by atoms with Gasteiger partial charge in [0.25, 0.3) is 5.92 Å². The first-order valence-electron chi connectivity index (χ1n) is 10.6. The molecule has 162 valence electrons. The third-order valence-corrected chi connectivity index (χ3v) is 5.93. The van der Waals surface area contributed by atoms with Crippen molar-refractivity contribution in [2.45, 2.75) is 76.0 Å². The number of halogens is 4. The van der Waals surface area contributed by atoms with E-state index in [9.17, 15) is 17.6 Å². The summed E-state index contributed by atoms with van der Waals surface area (Å²) in [6.07, 6.45) is 8.77. The highest BCUT2D eigenvalue weighted by Gasteiger charge is 2.48. The zero-order valence-electron chi connectivity index (χ0n) is 17.3. The largest absolute Gasteiger partial charge is 0.255 e. The second-order valence-electron chi connectivity index (χ2n) is 8.11. The molecule has 1 aliphatic rings. The Hall–Kier alpha value is -2.24. The molecule has 2 atom stereocenters. The van der Waals surface area contributed by atoms with Gasteiger partial charge in [0, 0.05) is 24.7 Å². The van der Waals surface area contributed by atoms with Gasteiger partial charge in [0.15, 0.2) is 11.6 Å². The summed E-state index contributed by atoms with van der Waals surface area (Å²) in [5, 5.41) is 0. The van der Waals surface area contributed by atoms with Crippen LogP contribution in [0.5, 0.6) is 0 Å². The number of rotatable bonds is 8. The molecule has 2 aromatic rings. The van der Waals surface area contributed by atoms with Crippen molar-refractivity contribution in [2.75, 3.05) is 0 Å². The molecule has 0 spiro atoms. The van der Waals surface area contributed by atoms with Crippen LogP contribution in [0.15, 0.2) is 37.2 Å². The monoisotopic (exact) mass is 420 g/mol. The van der Waals surface area contributed by atoms with E-state index in [0.29, 0.717) is 25.1 Å². The first-order valence-corrected chi connectivity index (χ1v) is 10.6. The predicted molar refractivity (Wildman–Crippen MR) is 110 cm³/mol. The maximum atomic E-state index is 15.0. The first kappa shape index (κ1) is 22.4. The highest BCUT2D eigenvalue weighted by atomic mass is 19.3. The fourth-order valence-corrected chi connectivity index (χ4v) is 4.16. The summed E-state index contributed by atoms with van der Waals surface area (Å²) >= 11 is 0. The average molecular weight is 420 g/mol. The average Bonchev–Trinajstić information content (AvgIpc) is 2.73. The van der Waals surface area contributed by atoms with Crippen LogP contribution in [-0.4, -0.2) is 15.9 Å². The third kappa shape index (κ3) is 4.90. The fraction of sp³-hybridized carbons (Fsp3) is 0.500. The fourth-order valence-electron chi connectivity index (χ4n) is 4.16. The van der Waals surface area contributed by atoms with Crippen LogP contribution in [0.25, 0.3) is 0 Å². The van der Waals surface area contributed by atoms with Gasteiger partial charge in [0.2, 0.25) is 0 Å². The van der Waals surface area contributed by atoms with Crippen molar-refractivity contribution in [2.24, 2.45) is 0 Å². The van der Waals surface area contributed by atoms with Gasteiger partial charge >= 0.3 is 0 Å².